The molecule has 4 nitrogen and oxygen atoms in total. The highest BCUT2D eigenvalue weighted by Gasteiger charge is 2.12. The van der Waals surface area contributed by atoms with Crippen molar-refractivity contribution < 1.29 is 0 Å². The largest absolute Gasteiger partial charge is 0.298 e. The lowest BCUT2D eigenvalue weighted by atomic mass is 10.1. The van der Waals surface area contributed by atoms with Crippen molar-refractivity contribution in [3.8, 4) is 11.4 Å². The van der Waals surface area contributed by atoms with Crippen molar-refractivity contribution in [1.82, 2.24) is 19.6 Å². The predicted octanol–water partition coefficient (Wildman–Crippen LogP) is 3.06. The number of hydrogen-bond acceptors (Lipinski definition) is 3. The van der Waals surface area contributed by atoms with Crippen LogP contribution in [0.5, 0.6) is 0 Å². The number of imidazole rings is 1. The first-order valence-corrected chi connectivity index (χ1v) is 5.98. The van der Waals surface area contributed by atoms with Crippen LogP contribution in [0, 0.1) is 13.8 Å². The van der Waals surface area contributed by atoms with E-state index in [1.807, 2.05) is 42.6 Å². The molecule has 0 atom stereocenters. The van der Waals surface area contributed by atoms with Gasteiger partial charge in [0.25, 0.3) is 0 Å². The zero-order chi connectivity index (χ0) is 12.7. The maximum absolute atomic E-state index is 5.98. The van der Waals surface area contributed by atoms with E-state index in [1.165, 1.54) is 0 Å². The van der Waals surface area contributed by atoms with Gasteiger partial charge in [-0.15, -0.1) is 10.2 Å². The minimum Gasteiger partial charge on any atom is -0.298 e. The van der Waals surface area contributed by atoms with Gasteiger partial charge in [0.2, 0.25) is 0 Å². The Hall–Kier alpha value is -1.94. The number of pyridine rings is 1. The summed E-state index contributed by atoms with van der Waals surface area (Å²) < 4.78 is 1.99. The van der Waals surface area contributed by atoms with E-state index in [4.69, 9.17) is 11.6 Å². The molecule has 0 spiro atoms. The number of nitrogens with zero attached hydrogens (tertiary/aromatic N) is 4. The van der Waals surface area contributed by atoms with Gasteiger partial charge >= 0.3 is 0 Å². The average Bonchev–Trinajstić information content (AvgIpc) is 2.84. The zero-order valence-corrected chi connectivity index (χ0v) is 10.8. The van der Waals surface area contributed by atoms with Crippen molar-refractivity contribution >= 4 is 17.2 Å². The van der Waals surface area contributed by atoms with E-state index < -0.39 is 0 Å². The van der Waals surface area contributed by atoms with E-state index in [0.29, 0.717) is 5.15 Å². The normalized spacial score (nSPS) is 11.1. The van der Waals surface area contributed by atoms with Gasteiger partial charge in [-0.05, 0) is 37.1 Å². The van der Waals surface area contributed by atoms with Gasteiger partial charge in [-0.25, -0.2) is 4.98 Å². The van der Waals surface area contributed by atoms with Crippen LogP contribution in [-0.4, -0.2) is 19.6 Å². The molecule has 3 aromatic heterocycles. The topological polar surface area (TPSA) is 43.1 Å². The Balaban J connectivity index is 2.33. The van der Waals surface area contributed by atoms with Crippen molar-refractivity contribution in [2.45, 2.75) is 13.8 Å². The molecule has 0 N–H and O–H groups in total. The van der Waals surface area contributed by atoms with Crippen molar-refractivity contribution in [1.29, 1.82) is 0 Å². The lowest BCUT2D eigenvalue weighted by Gasteiger charge is -2.09. The molecule has 3 heterocycles. The molecular formula is C13H11ClN4. The standard InChI is InChI=1S/C13H11ClN4/c1-8-9(2)13(14)17-16-12(8)10-4-3-5-11-15-6-7-18(10)11/h3-7H,1-2H3. The predicted molar refractivity (Wildman–Crippen MR) is 70.7 cm³/mol. The Morgan fingerprint density at radius 3 is 2.78 bits per heavy atom. The molecule has 5 heteroatoms. The van der Waals surface area contributed by atoms with Crippen molar-refractivity contribution in [2.75, 3.05) is 0 Å². The maximum atomic E-state index is 5.98. The van der Waals surface area contributed by atoms with Crippen LogP contribution in [-0.2, 0) is 0 Å². The molecule has 0 radical (unpaired) electrons. The summed E-state index contributed by atoms with van der Waals surface area (Å²) in [6.07, 6.45) is 3.68. The molecular weight excluding hydrogens is 248 g/mol. The van der Waals surface area contributed by atoms with Crippen molar-refractivity contribution in [3.63, 3.8) is 0 Å². The number of aromatic nitrogens is 4. The third-order valence-corrected chi connectivity index (χ3v) is 3.49. The fourth-order valence-electron chi connectivity index (χ4n) is 1.96. The van der Waals surface area contributed by atoms with Crippen LogP contribution in [0.1, 0.15) is 11.1 Å². The molecule has 0 fully saturated rings. The third-order valence-electron chi connectivity index (χ3n) is 3.14. The second-order valence-electron chi connectivity index (χ2n) is 4.16. The van der Waals surface area contributed by atoms with Crippen LogP contribution in [0.3, 0.4) is 0 Å². The van der Waals surface area contributed by atoms with E-state index in [0.717, 1.165) is 28.2 Å². The molecule has 90 valence electrons. The fourth-order valence-corrected chi connectivity index (χ4v) is 2.14. The quantitative estimate of drug-likeness (QED) is 0.674. The van der Waals surface area contributed by atoms with Gasteiger partial charge in [0, 0.05) is 12.4 Å². The van der Waals surface area contributed by atoms with Gasteiger partial charge in [0.15, 0.2) is 5.15 Å². The van der Waals surface area contributed by atoms with E-state index >= 15 is 0 Å². The molecule has 0 aliphatic rings. The van der Waals surface area contributed by atoms with Crippen molar-refractivity contribution in [3.05, 3.63) is 46.9 Å². The monoisotopic (exact) mass is 258 g/mol. The first-order valence-electron chi connectivity index (χ1n) is 5.60. The lowest BCUT2D eigenvalue weighted by Crippen LogP contribution is -2.00. The molecule has 3 rings (SSSR count). The summed E-state index contributed by atoms with van der Waals surface area (Å²) in [5.41, 5.74) is 4.69. The molecule has 0 aliphatic heterocycles. The van der Waals surface area contributed by atoms with E-state index in [-0.39, 0.29) is 0 Å². The summed E-state index contributed by atoms with van der Waals surface area (Å²) in [5.74, 6) is 0. The van der Waals surface area contributed by atoms with E-state index in [1.54, 1.807) is 6.20 Å². The van der Waals surface area contributed by atoms with Crippen molar-refractivity contribution in [2.24, 2.45) is 0 Å². The van der Waals surface area contributed by atoms with Gasteiger partial charge in [0.1, 0.15) is 11.3 Å². The Kier molecular flexibility index (Phi) is 2.52. The summed E-state index contributed by atoms with van der Waals surface area (Å²) in [5, 5.41) is 8.65. The molecule has 0 bridgehead atoms. The average molecular weight is 259 g/mol. The molecule has 0 unspecified atom stereocenters. The smallest absolute Gasteiger partial charge is 0.154 e. The summed E-state index contributed by atoms with van der Waals surface area (Å²) >= 11 is 5.98. The highest BCUT2D eigenvalue weighted by atomic mass is 35.5. The highest BCUT2D eigenvalue weighted by molar-refractivity contribution is 6.30. The first kappa shape index (κ1) is 11.2. The molecule has 18 heavy (non-hydrogen) atoms. The summed E-state index contributed by atoms with van der Waals surface area (Å²) in [4.78, 5) is 4.26. The van der Waals surface area contributed by atoms with Gasteiger partial charge in [-0.3, -0.25) is 4.40 Å². The number of halogens is 1. The van der Waals surface area contributed by atoms with E-state index in [9.17, 15) is 0 Å². The maximum Gasteiger partial charge on any atom is 0.154 e. The molecule has 3 aromatic rings. The summed E-state index contributed by atoms with van der Waals surface area (Å²) in [6, 6.07) is 5.91. The number of fused-ring (bicyclic) bond motifs is 1. The van der Waals surface area contributed by atoms with Crippen LogP contribution >= 0.6 is 11.6 Å². The minimum absolute atomic E-state index is 0.453. The lowest BCUT2D eigenvalue weighted by molar-refractivity contribution is 0.988. The number of rotatable bonds is 1. The zero-order valence-electron chi connectivity index (χ0n) is 10.1. The molecule has 0 saturated carbocycles. The van der Waals surface area contributed by atoms with Crippen LogP contribution in [0.2, 0.25) is 5.15 Å². The second kappa shape index (κ2) is 4.07. The molecule has 0 saturated heterocycles. The Morgan fingerprint density at radius 2 is 1.94 bits per heavy atom. The van der Waals surface area contributed by atoms with Gasteiger partial charge < -0.3 is 0 Å². The van der Waals surface area contributed by atoms with E-state index in [2.05, 4.69) is 15.2 Å². The van der Waals surface area contributed by atoms with Gasteiger partial charge in [0.05, 0.1) is 5.69 Å². The fraction of sp³-hybridized carbons (Fsp3) is 0.154. The second-order valence-corrected chi connectivity index (χ2v) is 4.51. The SMILES string of the molecule is Cc1c(Cl)nnc(-c2cccc3nccn23)c1C. The van der Waals surface area contributed by atoms with Crippen LogP contribution in [0.15, 0.2) is 30.6 Å². The van der Waals surface area contributed by atoms with Gasteiger partial charge in [-0.2, -0.15) is 0 Å². The first-order chi connectivity index (χ1) is 8.68. The Morgan fingerprint density at radius 1 is 1.11 bits per heavy atom. The summed E-state index contributed by atoms with van der Waals surface area (Å²) in [7, 11) is 0. The van der Waals surface area contributed by atoms with Crippen LogP contribution in [0.4, 0.5) is 0 Å². The molecule has 0 amide bonds. The molecule has 0 aliphatic carbocycles. The third kappa shape index (κ3) is 1.57. The van der Waals surface area contributed by atoms with Gasteiger partial charge in [-0.1, -0.05) is 17.7 Å². The minimum atomic E-state index is 0.453. The summed E-state index contributed by atoms with van der Waals surface area (Å²) in [6.45, 7) is 3.95. The Bertz CT molecular complexity index is 733. The number of hydrogen-bond donors (Lipinski definition) is 0. The van der Waals surface area contributed by atoms with Crippen LogP contribution < -0.4 is 0 Å². The highest BCUT2D eigenvalue weighted by Crippen LogP contribution is 2.26. The Labute approximate surface area is 109 Å². The van der Waals surface area contributed by atoms with Crippen LogP contribution in [0.25, 0.3) is 17.0 Å². The molecule has 0 aromatic carbocycles.